The van der Waals surface area contributed by atoms with E-state index in [1.165, 1.54) is 0 Å². The highest BCUT2D eigenvalue weighted by atomic mass is 35.5. The van der Waals surface area contributed by atoms with Crippen LogP contribution < -0.4 is 11.1 Å². The van der Waals surface area contributed by atoms with Crippen molar-refractivity contribution >= 4 is 18.3 Å². The first-order valence-corrected chi connectivity index (χ1v) is 6.29. The first kappa shape index (κ1) is 15.0. The number of nitrogens with two attached hydrogens (primary N) is 1. The number of H-pyrrole nitrogens is 1. The zero-order valence-electron chi connectivity index (χ0n) is 10.6. The summed E-state index contributed by atoms with van der Waals surface area (Å²) in [6.45, 7) is 2.03. The molecule has 5 nitrogen and oxygen atoms in total. The maximum Gasteiger partial charge on any atom is 0.271 e. The topological polar surface area (TPSA) is 83.8 Å². The molecule has 1 aliphatic carbocycles. The fourth-order valence-electron chi connectivity index (χ4n) is 2.18. The summed E-state index contributed by atoms with van der Waals surface area (Å²) in [5.41, 5.74) is 7.30. The van der Waals surface area contributed by atoms with Crippen molar-refractivity contribution in [3.05, 3.63) is 17.5 Å². The first-order chi connectivity index (χ1) is 8.19. The summed E-state index contributed by atoms with van der Waals surface area (Å²) in [4.78, 5) is 11.9. The lowest BCUT2D eigenvalue weighted by Gasteiger charge is -2.26. The molecule has 0 aromatic carbocycles. The van der Waals surface area contributed by atoms with E-state index in [4.69, 9.17) is 5.73 Å². The molecule has 18 heavy (non-hydrogen) atoms. The number of halogens is 1. The molecule has 1 aromatic rings. The fraction of sp³-hybridized carbons (Fsp3) is 0.667. The van der Waals surface area contributed by atoms with Crippen LogP contribution in [0.2, 0.25) is 0 Å². The van der Waals surface area contributed by atoms with Gasteiger partial charge in [-0.05, 0) is 38.2 Å². The maximum atomic E-state index is 11.9. The number of nitrogens with zero attached hydrogens (tertiary/aromatic N) is 1. The molecule has 1 amide bonds. The predicted octanol–water partition coefficient (Wildman–Crippen LogP) is 1.39. The van der Waals surface area contributed by atoms with Crippen molar-refractivity contribution in [1.29, 1.82) is 0 Å². The average molecular weight is 273 g/mol. The standard InChI is InChI=1S/C12H20N4O.ClH/c1-2-9-7-11(16-15-9)12(17)14-10-5-3-8(13)4-6-10;/h7-8,10H,2-6,13H2,1H3,(H,14,17)(H,15,16);1H. The first-order valence-electron chi connectivity index (χ1n) is 6.29. The van der Waals surface area contributed by atoms with Crippen LogP contribution in [0.4, 0.5) is 0 Å². The van der Waals surface area contributed by atoms with Crippen molar-refractivity contribution in [2.75, 3.05) is 0 Å². The van der Waals surface area contributed by atoms with Gasteiger partial charge in [0.25, 0.3) is 5.91 Å². The van der Waals surface area contributed by atoms with Crippen LogP contribution in [0, 0.1) is 0 Å². The van der Waals surface area contributed by atoms with E-state index in [0.29, 0.717) is 11.7 Å². The van der Waals surface area contributed by atoms with Gasteiger partial charge in [-0.25, -0.2) is 0 Å². The second kappa shape index (κ2) is 6.75. The van der Waals surface area contributed by atoms with Gasteiger partial charge in [0.15, 0.2) is 0 Å². The van der Waals surface area contributed by atoms with Crippen LogP contribution in [0.15, 0.2) is 6.07 Å². The van der Waals surface area contributed by atoms with Gasteiger partial charge in [-0.1, -0.05) is 6.92 Å². The Morgan fingerprint density at radius 3 is 2.72 bits per heavy atom. The Morgan fingerprint density at radius 1 is 1.50 bits per heavy atom. The molecule has 0 spiro atoms. The van der Waals surface area contributed by atoms with Crippen molar-refractivity contribution in [3.8, 4) is 0 Å². The van der Waals surface area contributed by atoms with E-state index in [1.807, 2.05) is 13.0 Å². The second-order valence-electron chi connectivity index (χ2n) is 4.72. The lowest BCUT2D eigenvalue weighted by atomic mass is 9.92. The molecule has 0 bridgehead atoms. The third kappa shape index (κ3) is 3.71. The number of carbonyl (C=O) groups excluding carboxylic acids is 1. The highest BCUT2D eigenvalue weighted by molar-refractivity contribution is 5.92. The van der Waals surface area contributed by atoms with E-state index in [0.717, 1.165) is 37.8 Å². The normalized spacial score (nSPS) is 23.2. The number of rotatable bonds is 3. The van der Waals surface area contributed by atoms with Crippen LogP contribution in [0.5, 0.6) is 0 Å². The predicted molar refractivity (Wildman–Crippen MR) is 72.9 cm³/mol. The summed E-state index contributed by atoms with van der Waals surface area (Å²) < 4.78 is 0. The van der Waals surface area contributed by atoms with Gasteiger partial charge in [0.2, 0.25) is 0 Å². The monoisotopic (exact) mass is 272 g/mol. The Kier molecular flexibility index (Phi) is 5.62. The van der Waals surface area contributed by atoms with E-state index < -0.39 is 0 Å². The molecule has 0 unspecified atom stereocenters. The molecule has 6 heteroatoms. The number of aromatic amines is 1. The summed E-state index contributed by atoms with van der Waals surface area (Å²) >= 11 is 0. The summed E-state index contributed by atoms with van der Waals surface area (Å²) in [5.74, 6) is -0.0820. The zero-order valence-corrected chi connectivity index (χ0v) is 11.4. The van der Waals surface area contributed by atoms with E-state index >= 15 is 0 Å². The molecule has 1 heterocycles. The van der Waals surface area contributed by atoms with Gasteiger partial charge in [-0.3, -0.25) is 9.89 Å². The minimum Gasteiger partial charge on any atom is -0.348 e. The Balaban J connectivity index is 0.00000162. The van der Waals surface area contributed by atoms with Gasteiger partial charge in [0, 0.05) is 17.8 Å². The summed E-state index contributed by atoms with van der Waals surface area (Å²) in [6.07, 6.45) is 4.78. The minimum atomic E-state index is -0.0820. The highest BCUT2D eigenvalue weighted by Crippen LogP contribution is 2.17. The number of amides is 1. The van der Waals surface area contributed by atoms with Crippen LogP contribution in [0.1, 0.15) is 48.8 Å². The number of carbonyl (C=O) groups is 1. The van der Waals surface area contributed by atoms with Gasteiger partial charge in [0.05, 0.1) is 0 Å². The Bertz CT molecular complexity index is 385. The Morgan fingerprint density at radius 2 is 2.17 bits per heavy atom. The molecule has 1 aliphatic rings. The molecule has 102 valence electrons. The molecule has 2 rings (SSSR count). The lowest BCUT2D eigenvalue weighted by Crippen LogP contribution is -2.40. The minimum absolute atomic E-state index is 0. The second-order valence-corrected chi connectivity index (χ2v) is 4.72. The molecule has 1 saturated carbocycles. The van der Waals surface area contributed by atoms with Crippen molar-refractivity contribution < 1.29 is 4.79 Å². The lowest BCUT2D eigenvalue weighted by molar-refractivity contribution is 0.0921. The summed E-state index contributed by atoms with van der Waals surface area (Å²) in [7, 11) is 0. The van der Waals surface area contributed by atoms with Crippen molar-refractivity contribution in [1.82, 2.24) is 15.5 Å². The van der Waals surface area contributed by atoms with Crippen LogP contribution in [0.3, 0.4) is 0 Å². The molecule has 0 atom stereocenters. The van der Waals surface area contributed by atoms with Gasteiger partial charge in [-0.2, -0.15) is 5.10 Å². The van der Waals surface area contributed by atoms with Gasteiger partial charge >= 0.3 is 0 Å². The number of hydrogen-bond donors (Lipinski definition) is 3. The molecule has 1 fully saturated rings. The number of hydrogen-bond acceptors (Lipinski definition) is 3. The van der Waals surface area contributed by atoms with E-state index in [1.54, 1.807) is 0 Å². The average Bonchev–Trinajstić information content (AvgIpc) is 2.81. The van der Waals surface area contributed by atoms with Crippen LogP contribution in [0.25, 0.3) is 0 Å². The third-order valence-corrected chi connectivity index (χ3v) is 3.35. The molecule has 0 aliphatic heterocycles. The number of aromatic nitrogens is 2. The summed E-state index contributed by atoms with van der Waals surface area (Å²) in [6, 6.07) is 2.37. The van der Waals surface area contributed by atoms with Crippen LogP contribution in [-0.4, -0.2) is 28.2 Å². The maximum absolute atomic E-state index is 11.9. The van der Waals surface area contributed by atoms with E-state index in [-0.39, 0.29) is 24.4 Å². The van der Waals surface area contributed by atoms with E-state index in [9.17, 15) is 4.79 Å². The fourth-order valence-corrected chi connectivity index (χ4v) is 2.18. The van der Waals surface area contributed by atoms with Gasteiger partial charge in [-0.15, -0.1) is 12.4 Å². The quantitative estimate of drug-likeness (QED) is 0.778. The number of aryl methyl sites for hydroxylation is 1. The largest absolute Gasteiger partial charge is 0.348 e. The van der Waals surface area contributed by atoms with E-state index in [2.05, 4.69) is 15.5 Å². The molecule has 1 aromatic heterocycles. The smallest absolute Gasteiger partial charge is 0.271 e. The molecule has 4 N–H and O–H groups in total. The highest BCUT2D eigenvalue weighted by Gasteiger charge is 2.21. The Labute approximate surface area is 113 Å². The SMILES string of the molecule is CCc1cc(C(=O)NC2CCC(N)CC2)n[nH]1.Cl. The molecule has 0 radical (unpaired) electrons. The third-order valence-electron chi connectivity index (χ3n) is 3.35. The van der Waals surface area contributed by atoms with Crippen LogP contribution in [-0.2, 0) is 6.42 Å². The Hall–Kier alpha value is -1.07. The molecular formula is C12H21ClN4O. The molecule has 0 saturated heterocycles. The van der Waals surface area contributed by atoms with Crippen LogP contribution >= 0.6 is 12.4 Å². The zero-order chi connectivity index (χ0) is 12.3. The number of nitrogens with one attached hydrogen (secondary N) is 2. The van der Waals surface area contributed by atoms with Crippen molar-refractivity contribution in [2.45, 2.75) is 51.1 Å². The van der Waals surface area contributed by atoms with Gasteiger partial charge in [0.1, 0.15) is 5.69 Å². The molecular weight excluding hydrogens is 252 g/mol. The van der Waals surface area contributed by atoms with Gasteiger partial charge < -0.3 is 11.1 Å². The van der Waals surface area contributed by atoms with Crippen molar-refractivity contribution in [3.63, 3.8) is 0 Å². The van der Waals surface area contributed by atoms with Crippen molar-refractivity contribution in [2.24, 2.45) is 5.73 Å². The summed E-state index contributed by atoms with van der Waals surface area (Å²) in [5, 5.41) is 9.87.